The highest BCUT2D eigenvalue weighted by Crippen LogP contribution is 2.45. The molecular formula is C29H29FN4O2S. The number of hydrogen-bond acceptors (Lipinski definition) is 4. The molecule has 1 atom stereocenters. The Morgan fingerprint density at radius 1 is 1.08 bits per heavy atom. The van der Waals surface area contributed by atoms with E-state index in [-0.39, 0.29) is 23.7 Å². The number of halogens is 1. The second-order valence-electron chi connectivity index (χ2n) is 10.0. The van der Waals surface area contributed by atoms with E-state index >= 15 is 0 Å². The summed E-state index contributed by atoms with van der Waals surface area (Å²) in [5.41, 5.74) is 2.90. The Hall–Kier alpha value is -3.52. The number of carbonyl (C=O) groups excluding carboxylic acids is 2. The zero-order valence-electron chi connectivity index (χ0n) is 20.7. The van der Waals surface area contributed by atoms with Crippen molar-refractivity contribution < 1.29 is 14.0 Å². The minimum Gasteiger partial charge on any atom is -0.350 e. The molecule has 8 heteroatoms. The number of nitrogens with one attached hydrogen (secondary N) is 1. The molecule has 6 nitrogen and oxygen atoms in total. The van der Waals surface area contributed by atoms with E-state index in [1.165, 1.54) is 12.1 Å². The predicted molar refractivity (Wildman–Crippen MR) is 143 cm³/mol. The number of benzene rings is 2. The van der Waals surface area contributed by atoms with Gasteiger partial charge in [0.15, 0.2) is 0 Å². The fraction of sp³-hybridized carbons (Fsp3) is 0.345. The zero-order valence-corrected chi connectivity index (χ0v) is 21.6. The third kappa shape index (κ3) is 4.66. The molecule has 3 heterocycles. The van der Waals surface area contributed by atoms with Crippen LogP contribution in [-0.4, -0.2) is 45.4 Å². The number of hydrogen-bond donors (Lipinski definition) is 1. The average Bonchev–Trinajstić information content (AvgIpc) is 3.59. The van der Waals surface area contributed by atoms with Gasteiger partial charge in [-0.3, -0.25) is 9.59 Å². The third-order valence-electron chi connectivity index (χ3n) is 7.41. The first kappa shape index (κ1) is 23.9. The lowest BCUT2D eigenvalue weighted by atomic mass is 10.0. The summed E-state index contributed by atoms with van der Waals surface area (Å²) in [4.78, 5) is 34.5. The molecule has 2 aliphatic rings. The van der Waals surface area contributed by atoms with Gasteiger partial charge in [0, 0.05) is 49.2 Å². The number of amides is 2. The largest absolute Gasteiger partial charge is 0.350 e. The molecule has 0 radical (unpaired) electrons. The van der Waals surface area contributed by atoms with Crippen LogP contribution in [-0.2, 0) is 7.05 Å². The second kappa shape index (κ2) is 9.74. The molecule has 0 unspecified atom stereocenters. The fourth-order valence-corrected chi connectivity index (χ4v) is 6.46. The molecule has 0 spiro atoms. The molecule has 1 saturated carbocycles. The molecule has 2 amide bonds. The molecule has 37 heavy (non-hydrogen) atoms. The Bertz CT molecular complexity index is 1470. The molecule has 1 N–H and O–H groups in total. The maximum absolute atomic E-state index is 13.9. The molecule has 1 saturated heterocycles. The monoisotopic (exact) mass is 516 g/mol. The first-order chi connectivity index (χ1) is 18.0. The highest BCUT2D eigenvalue weighted by Gasteiger charge is 2.34. The molecular weight excluding hydrogens is 487 g/mol. The number of piperidine rings is 1. The van der Waals surface area contributed by atoms with Crippen LogP contribution in [0, 0.1) is 5.82 Å². The van der Waals surface area contributed by atoms with Crippen molar-refractivity contribution in [2.45, 2.75) is 44.1 Å². The highest BCUT2D eigenvalue weighted by molar-refractivity contribution is 7.15. The summed E-state index contributed by atoms with van der Waals surface area (Å²) in [7, 11) is 1.93. The number of para-hydroxylation sites is 1. The lowest BCUT2D eigenvalue weighted by Gasteiger charge is -2.35. The van der Waals surface area contributed by atoms with Gasteiger partial charge in [-0.2, -0.15) is 0 Å². The van der Waals surface area contributed by atoms with Crippen LogP contribution in [0.5, 0.6) is 0 Å². The summed E-state index contributed by atoms with van der Waals surface area (Å²) in [6, 6.07) is 14.0. The van der Waals surface area contributed by atoms with Gasteiger partial charge in [0.2, 0.25) is 0 Å². The minimum atomic E-state index is -0.304. The molecule has 4 aromatic rings. The molecule has 1 aliphatic heterocycles. The maximum atomic E-state index is 13.9. The van der Waals surface area contributed by atoms with Crippen molar-refractivity contribution in [2.24, 2.45) is 7.05 Å². The third-order valence-corrected chi connectivity index (χ3v) is 8.67. The van der Waals surface area contributed by atoms with Crippen molar-refractivity contribution in [1.29, 1.82) is 0 Å². The van der Waals surface area contributed by atoms with Gasteiger partial charge in [0.1, 0.15) is 11.5 Å². The van der Waals surface area contributed by atoms with Crippen molar-refractivity contribution in [2.75, 3.05) is 13.1 Å². The summed E-state index contributed by atoms with van der Waals surface area (Å²) >= 11 is 1.55. The van der Waals surface area contributed by atoms with Crippen molar-refractivity contribution in [3.05, 3.63) is 76.8 Å². The van der Waals surface area contributed by atoms with E-state index in [0.717, 1.165) is 58.5 Å². The summed E-state index contributed by atoms with van der Waals surface area (Å²) < 4.78 is 15.5. The van der Waals surface area contributed by atoms with Crippen molar-refractivity contribution in [3.63, 3.8) is 0 Å². The van der Waals surface area contributed by atoms with Crippen molar-refractivity contribution in [1.82, 2.24) is 19.8 Å². The number of carbonyl (C=O) groups is 2. The molecule has 2 aromatic heterocycles. The standard InChI is InChI=1S/C29H29FN4O2S/c1-33-17-23(22-7-2-3-8-24(22)33)27(35)31-16-21-6-4-5-15-34(21)29(36)25-26(18-11-13-20(30)14-12-18)37-28(32-25)19-9-10-19/h2-3,7-8,11-14,17,19,21H,4-6,9-10,15-16H2,1H3,(H,31,35)/t21-/m0/s1. The lowest BCUT2D eigenvalue weighted by molar-refractivity contribution is 0.0598. The van der Waals surface area contributed by atoms with Gasteiger partial charge in [0.25, 0.3) is 11.8 Å². The molecule has 2 fully saturated rings. The van der Waals surface area contributed by atoms with Gasteiger partial charge in [0.05, 0.1) is 15.4 Å². The van der Waals surface area contributed by atoms with E-state index in [4.69, 9.17) is 4.98 Å². The number of rotatable bonds is 6. The van der Waals surface area contributed by atoms with Gasteiger partial charge < -0.3 is 14.8 Å². The molecule has 6 rings (SSSR count). The molecule has 190 valence electrons. The van der Waals surface area contributed by atoms with Gasteiger partial charge in [-0.05, 0) is 55.9 Å². The van der Waals surface area contributed by atoms with E-state index in [2.05, 4.69) is 5.32 Å². The van der Waals surface area contributed by atoms with E-state index in [1.807, 2.05) is 47.0 Å². The van der Waals surface area contributed by atoms with E-state index in [1.54, 1.807) is 23.5 Å². The molecule has 0 bridgehead atoms. The number of thiazole rings is 1. The molecule has 1 aliphatic carbocycles. The van der Waals surface area contributed by atoms with Crippen LogP contribution in [0.3, 0.4) is 0 Å². The normalized spacial score (nSPS) is 17.8. The summed E-state index contributed by atoms with van der Waals surface area (Å²) in [5, 5.41) is 4.99. The smallest absolute Gasteiger partial charge is 0.274 e. The maximum Gasteiger partial charge on any atom is 0.274 e. The minimum absolute atomic E-state index is 0.104. The van der Waals surface area contributed by atoms with Crippen LogP contribution in [0.25, 0.3) is 21.3 Å². The Morgan fingerprint density at radius 2 is 1.86 bits per heavy atom. The van der Waals surface area contributed by atoms with Crippen LogP contribution in [0.15, 0.2) is 54.7 Å². The van der Waals surface area contributed by atoms with Crippen LogP contribution >= 0.6 is 11.3 Å². The quantitative estimate of drug-likeness (QED) is 0.355. The lowest BCUT2D eigenvalue weighted by Crippen LogP contribution is -2.49. The second-order valence-corrected chi connectivity index (χ2v) is 11.1. The Balaban J connectivity index is 1.24. The topological polar surface area (TPSA) is 67.2 Å². The SMILES string of the molecule is Cn1cc(C(=O)NC[C@@H]2CCCCN2C(=O)c2nc(C3CC3)sc2-c2ccc(F)cc2)c2ccccc21. The van der Waals surface area contributed by atoms with Gasteiger partial charge in [-0.25, -0.2) is 9.37 Å². The summed E-state index contributed by atoms with van der Waals surface area (Å²) in [6.07, 6.45) is 6.80. The number of nitrogens with zero attached hydrogens (tertiary/aromatic N) is 3. The van der Waals surface area contributed by atoms with E-state index < -0.39 is 0 Å². The fourth-order valence-electron chi connectivity index (χ4n) is 5.23. The van der Waals surface area contributed by atoms with Crippen molar-refractivity contribution in [3.8, 4) is 10.4 Å². The summed E-state index contributed by atoms with van der Waals surface area (Å²) in [6.45, 7) is 1.02. The Morgan fingerprint density at radius 3 is 2.65 bits per heavy atom. The number of aromatic nitrogens is 2. The Kier molecular flexibility index (Phi) is 6.28. The zero-order chi connectivity index (χ0) is 25.5. The van der Waals surface area contributed by atoms with Crippen LogP contribution in [0.4, 0.5) is 4.39 Å². The number of aryl methyl sites for hydroxylation is 1. The van der Waals surface area contributed by atoms with E-state index in [0.29, 0.717) is 30.3 Å². The predicted octanol–water partition coefficient (Wildman–Crippen LogP) is 5.74. The van der Waals surface area contributed by atoms with Crippen molar-refractivity contribution >= 4 is 34.1 Å². The van der Waals surface area contributed by atoms with Crippen LogP contribution in [0.1, 0.15) is 63.9 Å². The van der Waals surface area contributed by atoms with Gasteiger partial charge in [-0.1, -0.05) is 30.3 Å². The Labute approximate surface area is 219 Å². The molecule has 2 aromatic carbocycles. The van der Waals surface area contributed by atoms with E-state index in [9.17, 15) is 14.0 Å². The first-order valence-electron chi connectivity index (χ1n) is 12.9. The summed E-state index contributed by atoms with van der Waals surface area (Å²) in [5.74, 6) is -0.123. The number of likely N-dealkylation sites (tertiary alicyclic amines) is 1. The van der Waals surface area contributed by atoms with Gasteiger partial charge >= 0.3 is 0 Å². The highest BCUT2D eigenvalue weighted by atomic mass is 32.1. The first-order valence-corrected chi connectivity index (χ1v) is 13.7. The number of fused-ring (bicyclic) bond motifs is 1. The average molecular weight is 517 g/mol. The van der Waals surface area contributed by atoms with Crippen LogP contribution in [0.2, 0.25) is 0 Å². The van der Waals surface area contributed by atoms with Crippen LogP contribution < -0.4 is 5.32 Å². The van der Waals surface area contributed by atoms with Gasteiger partial charge in [-0.15, -0.1) is 11.3 Å².